The van der Waals surface area contributed by atoms with Crippen LogP contribution in [0, 0.1) is 0 Å². The van der Waals surface area contributed by atoms with Crippen LogP contribution in [0.15, 0.2) is 30.3 Å². The van der Waals surface area contributed by atoms with Crippen LogP contribution in [-0.2, 0) is 0 Å². The minimum absolute atomic E-state index is 0.242. The highest BCUT2D eigenvalue weighted by atomic mass is 16.3. The maximum Gasteiger partial charge on any atom is 0.0456 e. The lowest BCUT2D eigenvalue weighted by Gasteiger charge is -2.11. The van der Waals surface area contributed by atoms with E-state index in [4.69, 9.17) is 5.11 Å². The zero-order chi connectivity index (χ0) is 11.4. The van der Waals surface area contributed by atoms with E-state index < -0.39 is 0 Å². The van der Waals surface area contributed by atoms with Gasteiger partial charge in [0.2, 0.25) is 0 Å². The second kappa shape index (κ2) is 5.14. The molecule has 0 saturated heterocycles. The van der Waals surface area contributed by atoms with E-state index in [1.54, 1.807) is 0 Å². The molecule has 1 atom stereocenters. The Labute approximate surface area is 95.5 Å². The van der Waals surface area contributed by atoms with Gasteiger partial charge in [-0.15, -0.1) is 0 Å². The van der Waals surface area contributed by atoms with Crippen molar-refractivity contribution in [2.45, 2.75) is 19.4 Å². The molecular weight excluding hydrogens is 200 g/mol. The van der Waals surface area contributed by atoms with Gasteiger partial charge in [0.25, 0.3) is 0 Å². The Hall–Kier alpha value is -1.32. The molecule has 3 heteroatoms. The molecule has 2 rings (SSSR count). The lowest BCUT2D eigenvalue weighted by molar-refractivity contribution is 0.284. The standard InChI is InChI=1S/C13H18N2O/c1-10(14-7-4-8-16)13-9-11-5-2-3-6-12(11)15-13/h2-3,5-6,9-10,14-16H,4,7-8H2,1H3. The number of aromatic amines is 1. The first kappa shape index (κ1) is 11.2. The summed E-state index contributed by atoms with van der Waals surface area (Å²) >= 11 is 0. The average molecular weight is 218 g/mol. The summed E-state index contributed by atoms with van der Waals surface area (Å²) in [5.41, 5.74) is 2.37. The summed E-state index contributed by atoms with van der Waals surface area (Å²) in [6, 6.07) is 10.7. The van der Waals surface area contributed by atoms with E-state index >= 15 is 0 Å². The van der Waals surface area contributed by atoms with Crippen molar-refractivity contribution in [2.24, 2.45) is 0 Å². The van der Waals surface area contributed by atoms with Crippen molar-refractivity contribution in [1.82, 2.24) is 10.3 Å². The van der Waals surface area contributed by atoms with Gasteiger partial charge < -0.3 is 15.4 Å². The number of nitrogens with one attached hydrogen (secondary N) is 2. The lowest BCUT2D eigenvalue weighted by Crippen LogP contribution is -2.20. The minimum atomic E-state index is 0.242. The molecule has 1 heterocycles. The molecule has 0 radical (unpaired) electrons. The van der Waals surface area contributed by atoms with Gasteiger partial charge in [0.15, 0.2) is 0 Å². The maximum atomic E-state index is 8.72. The summed E-state index contributed by atoms with van der Waals surface area (Å²) < 4.78 is 0. The number of fused-ring (bicyclic) bond motifs is 1. The van der Waals surface area contributed by atoms with Crippen molar-refractivity contribution in [3.63, 3.8) is 0 Å². The molecule has 0 aliphatic carbocycles. The largest absolute Gasteiger partial charge is 0.396 e. The Morgan fingerprint density at radius 2 is 2.19 bits per heavy atom. The number of rotatable bonds is 5. The number of aliphatic hydroxyl groups excluding tert-OH is 1. The SMILES string of the molecule is CC(NCCCO)c1cc2ccccc2[nH]1. The van der Waals surface area contributed by atoms with Crippen LogP contribution in [0.1, 0.15) is 25.1 Å². The van der Waals surface area contributed by atoms with Crippen LogP contribution in [0.2, 0.25) is 0 Å². The van der Waals surface area contributed by atoms with Crippen LogP contribution in [0.3, 0.4) is 0 Å². The fraction of sp³-hybridized carbons (Fsp3) is 0.385. The summed E-state index contributed by atoms with van der Waals surface area (Å²) in [7, 11) is 0. The van der Waals surface area contributed by atoms with Gasteiger partial charge in [0.1, 0.15) is 0 Å². The van der Waals surface area contributed by atoms with E-state index in [2.05, 4.69) is 35.4 Å². The quantitative estimate of drug-likeness (QED) is 0.674. The average Bonchev–Trinajstić information content (AvgIpc) is 2.73. The second-order valence-corrected chi connectivity index (χ2v) is 4.06. The highest BCUT2D eigenvalue weighted by Gasteiger charge is 2.07. The third-order valence-corrected chi connectivity index (χ3v) is 2.80. The van der Waals surface area contributed by atoms with Gasteiger partial charge in [-0.1, -0.05) is 18.2 Å². The van der Waals surface area contributed by atoms with Gasteiger partial charge in [-0.2, -0.15) is 0 Å². The molecule has 1 unspecified atom stereocenters. The topological polar surface area (TPSA) is 48.0 Å². The van der Waals surface area contributed by atoms with Crippen molar-refractivity contribution in [2.75, 3.05) is 13.2 Å². The smallest absolute Gasteiger partial charge is 0.0456 e. The van der Waals surface area contributed by atoms with E-state index in [1.807, 2.05) is 12.1 Å². The molecule has 0 aliphatic heterocycles. The molecule has 0 spiro atoms. The molecule has 3 N–H and O–H groups in total. The first-order chi connectivity index (χ1) is 7.81. The van der Waals surface area contributed by atoms with Crippen LogP contribution in [0.25, 0.3) is 10.9 Å². The molecule has 0 aliphatic rings. The van der Waals surface area contributed by atoms with Crippen molar-refractivity contribution >= 4 is 10.9 Å². The number of benzene rings is 1. The van der Waals surface area contributed by atoms with Crippen molar-refractivity contribution in [3.05, 3.63) is 36.0 Å². The van der Waals surface area contributed by atoms with Crippen LogP contribution in [0.5, 0.6) is 0 Å². The third-order valence-electron chi connectivity index (χ3n) is 2.80. The van der Waals surface area contributed by atoms with Crippen molar-refractivity contribution in [3.8, 4) is 0 Å². The monoisotopic (exact) mass is 218 g/mol. The Morgan fingerprint density at radius 3 is 2.94 bits per heavy atom. The van der Waals surface area contributed by atoms with Crippen LogP contribution < -0.4 is 5.32 Å². The van der Waals surface area contributed by atoms with Gasteiger partial charge in [0.05, 0.1) is 0 Å². The molecule has 1 aromatic heterocycles. The number of aromatic nitrogens is 1. The van der Waals surface area contributed by atoms with E-state index in [9.17, 15) is 0 Å². The highest BCUT2D eigenvalue weighted by Crippen LogP contribution is 2.19. The first-order valence-corrected chi connectivity index (χ1v) is 5.73. The van der Waals surface area contributed by atoms with Gasteiger partial charge in [0, 0.05) is 23.9 Å². The molecule has 0 fully saturated rings. The maximum absolute atomic E-state index is 8.72. The Kier molecular flexibility index (Phi) is 3.59. The molecule has 86 valence electrons. The van der Waals surface area contributed by atoms with E-state index in [-0.39, 0.29) is 6.61 Å². The molecule has 1 aromatic carbocycles. The minimum Gasteiger partial charge on any atom is -0.396 e. The van der Waals surface area contributed by atoms with Crippen molar-refractivity contribution in [1.29, 1.82) is 0 Å². The normalized spacial score (nSPS) is 13.1. The molecule has 0 bridgehead atoms. The fourth-order valence-corrected chi connectivity index (χ4v) is 1.84. The second-order valence-electron chi connectivity index (χ2n) is 4.06. The predicted octanol–water partition coefficient (Wildman–Crippen LogP) is 2.20. The number of hydrogen-bond donors (Lipinski definition) is 3. The molecule has 16 heavy (non-hydrogen) atoms. The molecule has 2 aromatic rings. The summed E-state index contributed by atoms with van der Waals surface area (Å²) in [4.78, 5) is 3.40. The highest BCUT2D eigenvalue weighted by molar-refractivity contribution is 5.80. The predicted molar refractivity (Wildman–Crippen MR) is 66.4 cm³/mol. The summed E-state index contributed by atoms with van der Waals surface area (Å²) in [6.45, 7) is 3.21. The third kappa shape index (κ3) is 2.43. The van der Waals surface area contributed by atoms with Crippen LogP contribution >= 0.6 is 0 Å². The summed E-state index contributed by atoms with van der Waals surface area (Å²) in [6.07, 6.45) is 0.796. The lowest BCUT2D eigenvalue weighted by atomic mass is 10.2. The Balaban J connectivity index is 2.07. The van der Waals surface area contributed by atoms with E-state index in [0.29, 0.717) is 6.04 Å². The number of para-hydroxylation sites is 1. The molecule has 0 amide bonds. The van der Waals surface area contributed by atoms with Crippen LogP contribution in [0.4, 0.5) is 0 Å². The van der Waals surface area contributed by atoms with Gasteiger partial charge in [-0.25, -0.2) is 0 Å². The molecular formula is C13H18N2O. The van der Waals surface area contributed by atoms with Gasteiger partial charge in [-0.05, 0) is 37.4 Å². The summed E-state index contributed by atoms with van der Waals surface area (Å²) in [5, 5.41) is 13.3. The van der Waals surface area contributed by atoms with Gasteiger partial charge >= 0.3 is 0 Å². The van der Waals surface area contributed by atoms with E-state index in [1.165, 1.54) is 16.6 Å². The number of H-pyrrole nitrogens is 1. The molecule has 0 saturated carbocycles. The number of hydrogen-bond acceptors (Lipinski definition) is 2. The van der Waals surface area contributed by atoms with Crippen LogP contribution in [-0.4, -0.2) is 23.2 Å². The number of aliphatic hydroxyl groups is 1. The zero-order valence-electron chi connectivity index (χ0n) is 9.53. The Morgan fingerprint density at radius 1 is 1.38 bits per heavy atom. The fourth-order valence-electron chi connectivity index (χ4n) is 1.84. The van der Waals surface area contributed by atoms with Gasteiger partial charge in [-0.3, -0.25) is 0 Å². The molecule has 3 nitrogen and oxygen atoms in total. The Bertz CT molecular complexity index is 417. The zero-order valence-corrected chi connectivity index (χ0v) is 9.53. The summed E-state index contributed by atoms with van der Waals surface area (Å²) in [5.74, 6) is 0. The van der Waals surface area contributed by atoms with E-state index in [0.717, 1.165) is 13.0 Å². The first-order valence-electron chi connectivity index (χ1n) is 5.73. The van der Waals surface area contributed by atoms with Crippen molar-refractivity contribution < 1.29 is 5.11 Å².